The number of nitro benzene ring substituents is 1. The van der Waals surface area contributed by atoms with Crippen LogP contribution in [0.1, 0.15) is 28.8 Å². The third-order valence-electron chi connectivity index (χ3n) is 3.12. The predicted octanol–water partition coefficient (Wildman–Crippen LogP) is 1.52. The second-order valence-corrected chi connectivity index (χ2v) is 4.87. The summed E-state index contributed by atoms with van der Waals surface area (Å²) >= 11 is 0. The van der Waals surface area contributed by atoms with E-state index in [-0.39, 0.29) is 16.8 Å². The van der Waals surface area contributed by atoms with E-state index >= 15 is 0 Å². The molecular formula is C13H16FN3O3. The molecule has 2 rings (SSSR count). The van der Waals surface area contributed by atoms with E-state index in [0.717, 1.165) is 25.0 Å². The number of benzene rings is 1. The summed E-state index contributed by atoms with van der Waals surface area (Å²) in [5, 5.41) is 16.5. The van der Waals surface area contributed by atoms with E-state index in [1.165, 1.54) is 6.92 Å². The largest absolute Gasteiger partial charge is 0.351 e. The van der Waals surface area contributed by atoms with E-state index in [2.05, 4.69) is 10.6 Å². The first-order chi connectivity index (χ1) is 9.49. The smallest absolute Gasteiger partial charge is 0.270 e. The summed E-state index contributed by atoms with van der Waals surface area (Å²) in [6.07, 6.45) is 2.29. The van der Waals surface area contributed by atoms with Crippen molar-refractivity contribution in [3.05, 3.63) is 39.2 Å². The zero-order chi connectivity index (χ0) is 14.7. The number of nitrogens with zero attached hydrogens (tertiary/aromatic N) is 1. The molecule has 6 nitrogen and oxygen atoms in total. The summed E-state index contributed by atoms with van der Waals surface area (Å²) in [4.78, 5) is 21.9. The summed E-state index contributed by atoms with van der Waals surface area (Å²) < 4.78 is 13.8. The number of aryl methyl sites for hydroxylation is 1. The van der Waals surface area contributed by atoms with Crippen LogP contribution in [0.15, 0.2) is 12.1 Å². The highest BCUT2D eigenvalue weighted by atomic mass is 19.1. The van der Waals surface area contributed by atoms with Gasteiger partial charge in [-0.3, -0.25) is 14.9 Å². The van der Waals surface area contributed by atoms with Crippen LogP contribution in [-0.4, -0.2) is 30.0 Å². The molecule has 0 saturated heterocycles. The number of carbonyl (C=O) groups excluding carboxylic acids is 1. The van der Waals surface area contributed by atoms with Crippen molar-refractivity contribution >= 4 is 11.6 Å². The fourth-order valence-electron chi connectivity index (χ4n) is 1.86. The molecule has 1 saturated carbocycles. The Balaban J connectivity index is 2.01. The number of carbonyl (C=O) groups is 1. The van der Waals surface area contributed by atoms with Crippen molar-refractivity contribution in [1.82, 2.24) is 10.6 Å². The van der Waals surface area contributed by atoms with Crippen LogP contribution in [0, 0.1) is 22.9 Å². The lowest BCUT2D eigenvalue weighted by Gasteiger charge is -2.08. The third-order valence-corrected chi connectivity index (χ3v) is 3.12. The van der Waals surface area contributed by atoms with Crippen molar-refractivity contribution in [3.8, 4) is 0 Å². The normalized spacial score (nSPS) is 14.1. The van der Waals surface area contributed by atoms with Gasteiger partial charge in [0, 0.05) is 31.3 Å². The molecule has 0 unspecified atom stereocenters. The molecule has 0 bridgehead atoms. The van der Waals surface area contributed by atoms with Gasteiger partial charge in [0.05, 0.1) is 10.5 Å². The number of non-ortho nitro benzene ring substituents is 1. The average molecular weight is 281 g/mol. The molecule has 0 radical (unpaired) electrons. The van der Waals surface area contributed by atoms with Gasteiger partial charge < -0.3 is 10.6 Å². The molecule has 7 heteroatoms. The minimum Gasteiger partial charge on any atom is -0.351 e. The molecule has 0 aliphatic heterocycles. The number of nitro groups is 1. The molecule has 0 aromatic heterocycles. The predicted molar refractivity (Wildman–Crippen MR) is 71.1 cm³/mol. The molecule has 20 heavy (non-hydrogen) atoms. The molecule has 1 aliphatic rings. The Hall–Kier alpha value is -2.02. The zero-order valence-electron chi connectivity index (χ0n) is 11.1. The van der Waals surface area contributed by atoms with Gasteiger partial charge in [0.25, 0.3) is 11.6 Å². The van der Waals surface area contributed by atoms with Crippen molar-refractivity contribution < 1.29 is 14.1 Å². The highest BCUT2D eigenvalue weighted by molar-refractivity contribution is 5.95. The Kier molecular flexibility index (Phi) is 4.29. The van der Waals surface area contributed by atoms with Gasteiger partial charge in [-0.1, -0.05) is 0 Å². The monoisotopic (exact) mass is 281 g/mol. The first kappa shape index (κ1) is 14.4. The van der Waals surface area contributed by atoms with E-state index < -0.39 is 16.6 Å². The molecule has 1 aliphatic carbocycles. The SMILES string of the molecule is Cc1cc([N+](=O)[O-])cc(C(=O)NCCNC2CC2)c1F. The molecule has 1 aromatic rings. The Morgan fingerprint density at radius 1 is 1.45 bits per heavy atom. The minimum atomic E-state index is -0.719. The lowest BCUT2D eigenvalue weighted by Crippen LogP contribution is -2.33. The number of amides is 1. The van der Waals surface area contributed by atoms with Crippen LogP contribution in [0.25, 0.3) is 0 Å². The lowest BCUT2D eigenvalue weighted by atomic mass is 10.1. The van der Waals surface area contributed by atoms with Gasteiger partial charge in [0.2, 0.25) is 0 Å². The highest BCUT2D eigenvalue weighted by Gasteiger charge is 2.21. The topological polar surface area (TPSA) is 84.3 Å². The number of nitrogens with one attached hydrogen (secondary N) is 2. The Labute approximate surface area is 115 Å². The molecule has 108 valence electrons. The van der Waals surface area contributed by atoms with Crippen LogP contribution < -0.4 is 10.6 Å². The first-order valence-electron chi connectivity index (χ1n) is 6.45. The van der Waals surface area contributed by atoms with Crippen LogP contribution in [0.2, 0.25) is 0 Å². The maximum absolute atomic E-state index is 13.8. The summed E-state index contributed by atoms with van der Waals surface area (Å²) in [6, 6.07) is 2.61. The van der Waals surface area contributed by atoms with Crippen molar-refractivity contribution in [2.45, 2.75) is 25.8 Å². The van der Waals surface area contributed by atoms with Crippen LogP contribution in [0.3, 0.4) is 0 Å². The van der Waals surface area contributed by atoms with Gasteiger partial charge >= 0.3 is 0 Å². The van der Waals surface area contributed by atoms with Crippen LogP contribution in [0.5, 0.6) is 0 Å². The second kappa shape index (κ2) is 5.96. The minimum absolute atomic E-state index is 0.0838. The van der Waals surface area contributed by atoms with Gasteiger partial charge in [-0.15, -0.1) is 0 Å². The standard InChI is InChI=1S/C13H16FN3O3/c1-8-6-10(17(19)20)7-11(12(8)14)13(18)16-5-4-15-9-2-3-9/h6-7,9,15H,2-5H2,1H3,(H,16,18). The Morgan fingerprint density at radius 2 is 2.15 bits per heavy atom. The quantitative estimate of drug-likeness (QED) is 0.470. The van der Waals surface area contributed by atoms with Gasteiger partial charge in [-0.25, -0.2) is 4.39 Å². The third kappa shape index (κ3) is 3.51. The lowest BCUT2D eigenvalue weighted by molar-refractivity contribution is -0.385. The van der Waals surface area contributed by atoms with Crippen LogP contribution in [0.4, 0.5) is 10.1 Å². The van der Waals surface area contributed by atoms with Gasteiger partial charge in [0.1, 0.15) is 5.82 Å². The van der Waals surface area contributed by atoms with Crippen molar-refractivity contribution in [3.63, 3.8) is 0 Å². The number of hydrogen-bond acceptors (Lipinski definition) is 4. The molecule has 2 N–H and O–H groups in total. The fourth-order valence-corrected chi connectivity index (χ4v) is 1.86. The molecule has 0 atom stereocenters. The Morgan fingerprint density at radius 3 is 2.75 bits per heavy atom. The number of hydrogen-bond donors (Lipinski definition) is 2. The Bertz CT molecular complexity index is 544. The first-order valence-corrected chi connectivity index (χ1v) is 6.45. The maximum Gasteiger partial charge on any atom is 0.270 e. The molecule has 1 fully saturated rings. The molecule has 1 aromatic carbocycles. The summed E-state index contributed by atoms with van der Waals surface area (Å²) in [7, 11) is 0. The molecule has 1 amide bonds. The maximum atomic E-state index is 13.8. The second-order valence-electron chi connectivity index (χ2n) is 4.87. The number of halogens is 1. The molecule has 0 heterocycles. The van der Waals surface area contributed by atoms with Gasteiger partial charge in [0.15, 0.2) is 0 Å². The average Bonchev–Trinajstić information content (AvgIpc) is 3.21. The van der Waals surface area contributed by atoms with E-state index in [4.69, 9.17) is 0 Å². The van der Waals surface area contributed by atoms with Crippen LogP contribution >= 0.6 is 0 Å². The summed E-state index contributed by atoms with van der Waals surface area (Å²) in [5.74, 6) is -1.35. The fraction of sp³-hybridized carbons (Fsp3) is 0.462. The van der Waals surface area contributed by atoms with E-state index in [0.29, 0.717) is 19.1 Å². The molecular weight excluding hydrogens is 265 g/mol. The van der Waals surface area contributed by atoms with Crippen molar-refractivity contribution in [1.29, 1.82) is 0 Å². The van der Waals surface area contributed by atoms with E-state index in [9.17, 15) is 19.3 Å². The number of rotatable bonds is 6. The van der Waals surface area contributed by atoms with Crippen molar-refractivity contribution in [2.24, 2.45) is 0 Å². The van der Waals surface area contributed by atoms with E-state index in [1.54, 1.807) is 0 Å². The zero-order valence-corrected chi connectivity index (χ0v) is 11.1. The summed E-state index contributed by atoms with van der Waals surface area (Å²) in [6.45, 7) is 2.36. The van der Waals surface area contributed by atoms with Gasteiger partial charge in [-0.05, 0) is 25.3 Å². The highest BCUT2D eigenvalue weighted by Crippen LogP contribution is 2.21. The summed E-state index contributed by atoms with van der Waals surface area (Å²) in [5.41, 5.74) is -0.492. The molecule has 0 spiro atoms. The van der Waals surface area contributed by atoms with Gasteiger partial charge in [-0.2, -0.15) is 0 Å². The van der Waals surface area contributed by atoms with Crippen LogP contribution in [-0.2, 0) is 0 Å². The van der Waals surface area contributed by atoms with Crippen molar-refractivity contribution in [2.75, 3.05) is 13.1 Å². The van der Waals surface area contributed by atoms with E-state index in [1.807, 2.05) is 0 Å².